The smallest absolute Gasteiger partial charge is 0.225 e. The number of benzene rings is 1. The molecule has 2 aromatic rings. The maximum absolute atomic E-state index is 12.2. The van der Waals surface area contributed by atoms with Gasteiger partial charge in [-0.15, -0.1) is 11.3 Å². The van der Waals surface area contributed by atoms with E-state index in [2.05, 4.69) is 15.6 Å². The fourth-order valence-electron chi connectivity index (χ4n) is 2.44. The first-order valence-electron chi connectivity index (χ1n) is 7.34. The molecule has 1 aliphatic heterocycles. The van der Waals surface area contributed by atoms with Crippen molar-refractivity contribution >= 4 is 34.7 Å². The van der Waals surface area contributed by atoms with Crippen LogP contribution < -0.4 is 10.6 Å². The molecule has 1 aliphatic rings. The third-order valence-electron chi connectivity index (χ3n) is 3.49. The summed E-state index contributed by atoms with van der Waals surface area (Å²) in [5.74, 6) is 2.20. The lowest BCUT2D eigenvalue weighted by atomic mass is 10.1. The van der Waals surface area contributed by atoms with Crippen LogP contribution >= 0.6 is 23.1 Å². The number of thioether (sulfide) groups is 1. The Morgan fingerprint density at radius 3 is 3.14 bits per heavy atom. The van der Waals surface area contributed by atoms with Gasteiger partial charge in [0, 0.05) is 47.1 Å². The molecule has 0 saturated carbocycles. The van der Waals surface area contributed by atoms with E-state index in [1.807, 2.05) is 48.3 Å². The van der Waals surface area contributed by atoms with Gasteiger partial charge in [-0.1, -0.05) is 12.1 Å². The third kappa shape index (κ3) is 4.09. The van der Waals surface area contributed by atoms with E-state index in [1.165, 1.54) is 0 Å². The van der Waals surface area contributed by atoms with Gasteiger partial charge in [0.2, 0.25) is 5.91 Å². The van der Waals surface area contributed by atoms with Gasteiger partial charge in [0.15, 0.2) is 0 Å². The normalized spacial score (nSPS) is 18.1. The molecule has 4 nitrogen and oxygen atoms in total. The van der Waals surface area contributed by atoms with E-state index in [0.717, 1.165) is 40.0 Å². The summed E-state index contributed by atoms with van der Waals surface area (Å²) >= 11 is 3.54. The zero-order valence-corrected chi connectivity index (χ0v) is 14.1. The second kappa shape index (κ2) is 7.26. The Hall–Kier alpha value is -1.37. The van der Waals surface area contributed by atoms with Gasteiger partial charge in [0.1, 0.15) is 0 Å². The van der Waals surface area contributed by atoms with Gasteiger partial charge < -0.3 is 10.6 Å². The summed E-state index contributed by atoms with van der Waals surface area (Å²) in [5, 5.41) is 9.47. The highest BCUT2D eigenvalue weighted by Crippen LogP contribution is 2.24. The first-order valence-corrected chi connectivity index (χ1v) is 9.38. The van der Waals surface area contributed by atoms with Crippen LogP contribution in [0.1, 0.15) is 11.4 Å². The highest BCUT2D eigenvalue weighted by Gasteiger charge is 2.16. The Kier molecular flexibility index (Phi) is 5.12. The Labute approximate surface area is 138 Å². The number of nitrogens with one attached hydrogen (secondary N) is 2. The number of thiazole rings is 1. The predicted molar refractivity (Wildman–Crippen MR) is 94.6 cm³/mol. The van der Waals surface area contributed by atoms with Crippen LogP contribution in [-0.4, -0.2) is 35.0 Å². The minimum Gasteiger partial charge on any atom is -0.326 e. The van der Waals surface area contributed by atoms with Crippen LogP contribution in [0.15, 0.2) is 29.6 Å². The first-order chi connectivity index (χ1) is 10.7. The molecule has 0 spiro atoms. The van der Waals surface area contributed by atoms with Crippen molar-refractivity contribution in [1.82, 2.24) is 10.3 Å². The molecule has 0 radical (unpaired) electrons. The van der Waals surface area contributed by atoms with Crippen LogP contribution in [0.5, 0.6) is 0 Å². The van der Waals surface area contributed by atoms with E-state index in [4.69, 9.17) is 0 Å². The fourth-order valence-corrected chi connectivity index (χ4v) is 4.01. The highest BCUT2D eigenvalue weighted by molar-refractivity contribution is 7.99. The Bertz CT molecular complexity index is 650. The minimum atomic E-state index is 0.0617. The van der Waals surface area contributed by atoms with Crippen LogP contribution in [-0.2, 0) is 4.79 Å². The number of hydrogen-bond acceptors (Lipinski definition) is 5. The van der Waals surface area contributed by atoms with E-state index in [-0.39, 0.29) is 11.9 Å². The van der Waals surface area contributed by atoms with Crippen LogP contribution in [0.25, 0.3) is 11.3 Å². The zero-order chi connectivity index (χ0) is 15.4. The Morgan fingerprint density at radius 2 is 2.41 bits per heavy atom. The van der Waals surface area contributed by atoms with Gasteiger partial charge >= 0.3 is 0 Å². The van der Waals surface area contributed by atoms with E-state index in [0.29, 0.717) is 6.42 Å². The number of amides is 1. The van der Waals surface area contributed by atoms with E-state index in [9.17, 15) is 4.79 Å². The topological polar surface area (TPSA) is 54.0 Å². The molecule has 1 saturated heterocycles. The Balaban J connectivity index is 1.63. The number of aromatic nitrogens is 1. The number of carbonyl (C=O) groups excluding carboxylic acids is 1. The van der Waals surface area contributed by atoms with Crippen molar-refractivity contribution < 1.29 is 4.79 Å². The van der Waals surface area contributed by atoms with Crippen molar-refractivity contribution in [3.63, 3.8) is 0 Å². The fraction of sp³-hybridized carbons (Fsp3) is 0.375. The van der Waals surface area contributed by atoms with E-state index >= 15 is 0 Å². The summed E-state index contributed by atoms with van der Waals surface area (Å²) < 4.78 is 0. The van der Waals surface area contributed by atoms with E-state index < -0.39 is 0 Å². The molecule has 1 aromatic carbocycles. The van der Waals surface area contributed by atoms with Gasteiger partial charge in [-0.05, 0) is 19.1 Å². The largest absolute Gasteiger partial charge is 0.326 e. The van der Waals surface area contributed by atoms with Crippen molar-refractivity contribution in [1.29, 1.82) is 0 Å². The van der Waals surface area contributed by atoms with Crippen LogP contribution in [0.3, 0.4) is 0 Å². The van der Waals surface area contributed by atoms with Gasteiger partial charge in [-0.2, -0.15) is 11.8 Å². The SMILES string of the molecule is Cc1nc(-c2cccc(NC(=O)CC3CSCCN3)c2)cs1. The molecule has 0 aliphatic carbocycles. The predicted octanol–water partition coefficient (Wildman–Crippen LogP) is 3.15. The van der Waals surface area contributed by atoms with Crippen molar-refractivity contribution in [2.45, 2.75) is 19.4 Å². The summed E-state index contributed by atoms with van der Waals surface area (Å²) in [6.07, 6.45) is 0.521. The maximum atomic E-state index is 12.2. The molecule has 1 atom stereocenters. The number of hydrogen-bond donors (Lipinski definition) is 2. The van der Waals surface area contributed by atoms with Crippen molar-refractivity contribution in [3.05, 3.63) is 34.7 Å². The molecule has 2 heterocycles. The molecule has 1 unspecified atom stereocenters. The molecule has 0 bridgehead atoms. The van der Waals surface area contributed by atoms with Crippen molar-refractivity contribution in [2.75, 3.05) is 23.4 Å². The standard InChI is InChI=1S/C16H19N3OS2/c1-11-18-15(10-22-11)12-3-2-4-13(7-12)19-16(20)8-14-9-21-6-5-17-14/h2-4,7,10,14,17H,5-6,8-9H2,1H3,(H,19,20). The summed E-state index contributed by atoms with van der Waals surface area (Å²) in [6.45, 7) is 2.98. The third-order valence-corrected chi connectivity index (χ3v) is 5.40. The van der Waals surface area contributed by atoms with Gasteiger partial charge in [-0.25, -0.2) is 4.98 Å². The second-order valence-electron chi connectivity index (χ2n) is 5.31. The maximum Gasteiger partial charge on any atom is 0.225 e. The molecule has 116 valence electrons. The molecule has 3 rings (SSSR count). The van der Waals surface area contributed by atoms with Crippen molar-refractivity contribution in [2.24, 2.45) is 0 Å². The van der Waals surface area contributed by atoms with E-state index in [1.54, 1.807) is 11.3 Å². The van der Waals surface area contributed by atoms with Gasteiger partial charge in [0.25, 0.3) is 0 Å². The lowest BCUT2D eigenvalue weighted by Gasteiger charge is -2.22. The number of rotatable bonds is 4. The lowest BCUT2D eigenvalue weighted by molar-refractivity contribution is -0.116. The molecule has 1 amide bonds. The zero-order valence-electron chi connectivity index (χ0n) is 12.5. The molecule has 1 fully saturated rings. The average Bonchev–Trinajstić information content (AvgIpc) is 2.95. The summed E-state index contributed by atoms with van der Waals surface area (Å²) in [5.41, 5.74) is 2.83. The second-order valence-corrected chi connectivity index (χ2v) is 7.52. The van der Waals surface area contributed by atoms with Crippen LogP contribution in [0, 0.1) is 6.92 Å². The van der Waals surface area contributed by atoms with Crippen LogP contribution in [0.2, 0.25) is 0 Å². The quantitative estimate of drug-likeness (QED) is 0.902. The minimum absolute atomic E-state index is 0.0617. The number of anilines is 1. The highest BCUT2D eigenvalue weighted by atomic mass is 32.2. The summed E-state index contributed by atoms with van der Waals surface area (Å²) in [4.78, 5) is 16.6. The average molecular weight is 333 g/mol. The molecular formula is C16H19N3OS2. The number of nitrogens with zero attached hydrogens (tertiary/aromatic N) is 1. The van der Waals surface area contributed by atoms with Gasteiger partial charge in [0.05, 0.1) is 10.7 Å². The number of aryl methyl sites for hydroxylation is 1. The summed E-state index contributed by atoms with van der Waals surface area (Å²) in [7, 11) is 0. The lowest BCUT2D eigenvalue weighted by Crippen LogP contribution is -2.39. The molecule has 6 heteroatoms. The molecule has 22 heavy (non-hydrogen) atoms. The van der Waals surface area contributed by atoms with Crippen molar-refractivity contribution in [3.8, 4) is 11.3 Å². The Morgan fingerprint density at radius 1 is 1.50 bits per heavy atom. The molecule has 2 N–H and O–H groups in total. The monoisotopic (exact) mass is 333 g/mol. The number of carbonyl (C=O) groups is 1. The van der Waals surface area contributed by atoms with Gasteiger partial charge in [-0.3, -0.25) is 4.79 Å². The molecular weight excluding hydrogens is 314 g/mol. The first kappa shape index (κ1) is 15.5. The van der Waals surface area contributed by atoms with Crippen LogP contribution in [0.4, 0.5) is 5.69 Å². The molecule has 1 aromatic heterocycles. The summed E-state index contributed by atoms with van der Waals surface area (Å²) in [6, 6.07) is 8.15.